The predicted octanol–water partition coefficient (Wildman–Crippen LogP) is 2.41. The highest BCUT2D eigenvalue weighted by Crippen LogP contribution is 2.20. The van der Waals surface area contributed by atoms with Crippen molar-refractivity contribution in [1.82, 2.24) is 10.6 Å². The number of rotatable bonds is 5. The van der Waals surface area contributed by atoms with Crippen LogP contribution in [0.5, 0.6) is 0 Å². The van der Waals surface area contributed by atoms with Gasteiger partial charge in [0.1, 0.15) is 0 Å². The Morgan fingerprint density at radius 2 is 2.22 bits per heavy atom. The zero-order valence-corrected chi connectivity index (χ0v) is 11.2. The van der Waals surface area contributed by atoms with Gasteiger partial charge in [-0.1, -0.05) is 24.6 Å². The second-order valence-electron chi connectivity index (χ2n) is 5.67. The van der Waals surface area contributed by atoms with E-state index in [9.17, 15) is 0 Å². The van der Waals surface area contributed by atoms with Crippen molar-refractivity contribution >= 4 is 0 Å². The Morgan fingerprint density at radius 3 is 3.06 bits per heavy atom. The summed E-state index contributed by atoms with van der Waals surface area (Å²) in [5.74, 6) is 0. The summed E-state index contributed by atoms with van der Waals surface area (Å²) < 4.78 is 0. The van der Waals surface area contributed by atoms with Gasteiger partial charge >= 0.3 is 0 Å². The maximum absolute atomic E-state index is 3.65. The third-order valence-corrected chi connectivity index (χ3v) is 4.40. The zero-order chi connectivity index (χ0) is 12.2. The van der Waals surface area contributed by atoms with Gasteiger partial charge in [-0.2, -0.15) is 0 Å². The highest BCUT2D eigenvalue weighted by atomic mass is 14.9. The molecule has 98 valence electrons. The highest BCUT2D eigenvalue weighted by molar-refractivity contribution is 5.37. The number of benzene rings is 1. The monoisotopic (exact) mass is 244 g/mol. The maximum atomic E-state index is 3.65. The molecule has 2 aliphatic rings. The Bertz CT molecular complexity index is 396. The summed E-state index contributed by atoms with van der Waals surface area (Å²) in [5.41, 5.74) is 4.71. The molecule has 18 heavy (non-hydrogen) atoms. The van der Waals surface area contributed by atoms with Crippen molar-refractivity contribution in [3.63, 3.8) is 0 Å². The summed E-state index contributed by atoms with van der Waals surface area (Å²) in [6.45, 7) is 3.39. The first-order valence-electron chi connectivity index (χ1n) is 7.47. The van der Waals surface area contributed by atoms with E-state index in [1.165, 1.54) is 45.1 Å². The number of aryl methyl sites for hydroxylation is 1. The molecule has 0 unspecified atom stereocenters. The van der Waals surface area contributed by atoms with Gasteiger partial charge in [0.2, 0.25) is 0 Å². The number of nitrogens with one attached hydrogen (secondary N) is 2. The van der Waals surface area contributed by atoms with E-state index in [0.29, 0.717) is 0 Å². The van der Waals surface area contributed by atoms with Gasteiger partial charge in [-0.3, -0.25) is 0 Å². The fourth-order valence-corrected chi connectivity index (χ4v) is 3.02. The molecule has 1 aliphatic heterocycles. The molecular weight excluding hydrogens is 220 g/mol. The van der Waals surface area contributed by atoms with Crippen LogP contribution in [0.25, 0.3) is 0 Å². The van der Waals surface area contributed by atoms with Gasteiger partial charge in [0.25, 0.3) is 0 Å². The fraction of sp³-hybridized carbons (Fsp3) is 0.625. The van der Waals surface area contributed by atoms with Crippen LogP contribution in [0, 0.1) is 0 Å². The SMILES string of the molecule is c1cc(CCCNC2CCC2)c2c(c1)CCNC2. The van der Waals surface area contributed by atoms with E-state index in [2.05, 4.69) is 28.8 Å². The van der Waals surface area contributed by atoms with Crippen molar-refractivity contribution in [1.29, 1.82) is 0 Å². The van der Waals surface area contributed by atoms with E-state index in [1.807, 2.05) is 0 Å². The average molecular weight is 244 g/mol. The Balaban J connectivity index is 1.52. The average Bonchev–Trinajstić information content (AvgIpc) is 2.36. The van der Waals surface area contributed by atoms with Crippen LogP contribution in [0.1, 0.15) is 42.4 Å². The second-order valence-corrected chi connectivity index (χ2v) is 5.67. The van der Waals surface area contributed by atoms with Gasteiger partial charge < -0.3 is 10.6 Å². The summed E-state index contributed by atoms with van der Waals surface area (Å²) >= 11 is 0. The highest BCUT2D eigenvalue weighted by Gasteiger charge is 2.16. The maximum Gasteiger partial charge on any atom is 0.0211 e. The van der Waals surface area contributed by atoms with Gasteiger partial charge in [-0.05, 0) is 61.9 Å². The first kappa shape index (κ1) is 12.2. The van der Waals surface area contributed by atoms with Crippen LogP contribution in [0.15, 0.2) is 18.2 Å². The van der Waals surface area contributed by atoms with E-state index >= 15 is 0 Å². The quantitative estimate of drug-likeness (QED) is 0.777. The molecule has 0 atom stereocenters. The minimum atomic E-state index is 0.830. The molecule has 1 aliphatic carbocycles. The number of fused-ring (bicyclic) bond motifs is 1. The summed E-state index contributed by atoms with van der Waals surface area (Å²) in [6, 6.07) is 7.68. The minimum Gasteiger partial charge on any atom is -0.314 e. The molecule has 1 aromatic carbocycles. The molecule has 1 aromatic rings. The lowest BCUT2D eigenvalue weighted by molar-refractivity contribution is 0.339. The van der Waals surface area contributed by atoms with E-state index < -0.39 is 0 Å². The largest absolute Gasteiger partial charge is 0.314 e. The third-order valence-electron chi connectivity index (χ3n) is 4.40. The van der Waals surface area contributed by atoms with Crippen molar-refractivity contribution in [3.05, 3.63) is 34.9 Å². The van der Waals surface area contributed by atoms with Crippen LogP contribution in [-0.4, -0.2) is 19.1 Å². The Hall–Kier alpha value is -0.860. The molecule has 2 nitrogen and oxygen atoms in total. The molecule has 0 bridgehead atoms. The van der Waals surface area contributed by atoms with Crippen LogP contribution >= 0.6 is 0 Å². The summed E-state index contributed by atoms with van der Waals surface area (Å²) in [7, 11) is 0. The molecule has 0 spiro atoms. The van der Waals surface area contributed by atoms with Gasteiger partial charge in [0.05, 0.1) is 0 Å². The molecule has 2 heteroatoms. The lowest BCUT2D eigenvalue weighted by Gasteiger charge is -2.26. The van der Waals surface area contributed by atoms with Gasteiger partial charge in [-0.25, -0.2) is 0 Å². The normalized spacial score (nSPS) is 19.3. The fourth-order valence-electron chi connectivity index (χ4n) is 3.02. The summed E-state index contributed by atoms with van der Waals surface area (Å²) in [6.07, 6.45) is 7.91. The molecule has 3 rings (SSSR count). The zero-order valence-electron chi connectivity index (χ0n) is 11.2. The molecule has 0 saturated heterocycles. The standard InChI is InChI=1S/C16H24N2/c1-4-13(6-3-10-18-15-7-2-8-15)16-12-17-11-9-14(16)5-1/h1,4-5,15,17-18H,2-3,6-12H2. The van der Waals surface area contributed by atoms with Crippen LogP contribution in [0.2, 0.25) is 0 Å². The topological polar surface area (TPSA) is 24.1 Å². The van der Waals surface area contributed by atoms with Crippen LogP contribution in [0.4, 0.5) is 0 Å². The predicted molar refractivity (Wildman–Crippen MR) is 75.8 cm³/mol. The Kier molecular flexibility index (Phi) is 3.96. The van der Waals surface area contributed by atoms with Crippen molar-refractivity contribution in [2.45, 2.75) is 51.1 Å². The van der Waals surface area contributed by atoms with Gasteiger partial charge in [-0.15, -0.1) is 0 Å². The van der Waals surface area contributed by atoms with E-state index in [0.717, 1.165) is 19.1 Å². The Labute approximate surface area is 110 Å². The van der Waals surface area contributed by atoms with Gasteiger partial charge in [0, 0.05) is 12.6 Å². The third kappa shape index (κ3) is 2.76. The molecule has 0 radical (unpaired) electrons. The number of hydrogen-bond donors (Lipinski definition) is 2. The number of hydrogen-bond acceptors (Lipinski definition) is 2. The van der Waals surface area contributed by atoms with Crippen LogP contribution < -0.4 is 10.6 Å². The summed E-state index contributed by atoms with van der Waals surface area (Å²) in [5, 5.41) is 7.15. The first-order chi connectivity index (χ1) is 8.93. The lowest BCUT2D eigenvalue weighted by atomic mass is 9.92. The smallest absolute Gasteiger partial charge is 0.0211 e. The van der Waals surface area contributed by atoms with E-state index in [4.69, 9.17) is 0 Å². The van der Waals surface area contributed by atoms with Crippen LogP contribution in [0.3, 0.4) is 0 Å². The van der Waals surface area contributed by atoms with Crippen molar-refractivity contribution in [2.75, 3.05) is 13.1 Å². The molecular formula is C16H24N2. The summed E-state index contributed by atoms with van der Waals surface area (Å²) in [4.78, 5) is 0. The minimum absolute atomic E-state index is 0.830. The first-order valence-corrected chi connectivity index (χ1v) is 7.47. The molecule has 1 fully saturated rings. The molecule has 0 aromatic heterocycles. The van der Waals surface area contributed by atoms with E-state index in [-0.39, 0.29) is 0 Å². The van der Waals surface area contributed by atoms with Crippen molar-refractivity contribution < 1.29 is 0 Å². The second kappa shape index (κ2) is 5.85. The molecule has 0 amide bonds. The van der Waals surface area contributed by atoms with E-state index in [1.54, 1.807) is 16.7 Å². The van der Waals surface area contributed by atoms with Crippen molar-refractivity contribution in [3.8, 4) is 0 Å². The van der Waals surface area contributed by atoms with Crippen LogP contribution in [-0.2, 0) is 19.4 Å². The molecule has 2 N–H and O–H groups in total. The molecule has 1 saturated carbocycles. The van der Waals surface area contributed by atoms with Crippen molar-refractivity contribution in [2.24, 2.45) is 0 Å². The van der Waals surface area contributed by atoms with Gasteiger partial charge in [0.15, 0.2) is 0 Å². The Morgan fingerprint density at radius 1 is 1.28 bits per heavy atom. The molecule has 1 heterocycles. The lowest BCUT2D eigenvalue weighted by Crippen LogP contribution is -2.35.